The minimum absolute atomic E-state index is 0.0592. The van der Waals surface area contributed by atoms with Crippen LogP contribution >= 0.6 is 0 Å². The topological polar surface area (TPSA) is 82.0 Å². The Labute approximate surface area is 108 Å². The molecule has 0 aromatic heterocycles. The van der Waals surface area contributed by atoms with Gasteiger partial charge in [-0.1, -0.05) is 13.0 Å². The van der Waals surface area contributed by atoms with Crippen LogP contribution < -0.4 is 10.0 Å². The highest BCUT2D eigenvalue weighted by atomic mass is 32.2. The largest absolute Gasteiger partial charge is 0.313 e. The van der Waals surface area contributed by atoms with Crippen LogP contribution in [0.3, 0.4) is 0 Å². The molecule has 0 bridgehead atoms. The number of nitriles is 1. The number of sulfonamides is 1. The zero-order valence-electron chi connectivity index (χ0n) is 10.5. The fourth-order valence-corrected chi connectivity index (χ4v) is 2.65. The summed E-state index contributed by atoms with van der Waals surface area (Å²) in [5, 5.41) is 11.9. The smallest absolute Gasteiger partial charge is 0.240 e. The molecule has 0 fully saturated rings. The second kappa shape index (κ2) is 6.50. The molecular formula is C12H17N3O2S. The van der Waals surface area contributed by atoms with Crippen molar-refractivity contribution in [3.63, 3.8) is 0 Å². The Morgan fingerprint density at radius 3 is 2.78 bits per heavy atom. The molecule has 0 aliphatic carbocycles. The van der Waals surface area contributed by atoms with Gasteiger partial charge in [0.15, 0.2) is 0 Å². The molecule has 0 spiro atoms. The van der Waals surface area contributed by atoms with Gasteiger partial charge in [-0.05, 0) is 31.7 Å². The lowest BCUT2D eigenvalue weighted by molar-refractivity contribution is 0.536. The van der Waals surface area contributed by atoms with Crippen LogP contribution in [0.2, 0.25) is 0 Å². The lowest BCUT2D eigenvalue weighted by Crippen LogP contribution is -2.38. The number of hydrogen-bond acceptors (Lipinski definition) is 4. The van der Waals surface area contributed by atoms with Gasteiger partial charge >= 0.3 is 0 Å². The Morgan fingerprint density at radius 1 is 1.44 bits per heavy atom. The van der Waals surface area contributed by atoms with Crippen LogP contribution in [0.5, 0.6) is 0 Å². The fourth-order valence-electron chi connectivity index (χ4n) is 1.47. The molecular weight excluding hydrogens is 250 g/mol. The molecule has 0 aliphatic rings. The van der Waals surface area contributed by atoms with E-state index in [0.29, 0.717) is 12.1 Å². The van der Waals surface area contributed by atoms with E-state index >= 15 is 0 Å². The van der Waals surface area contributed by atoms with Gasteiger partial charge in [0, 0.05) is 12.6 Å². The summed E-state index contributed by atoms with van der Waals surface area (Å²) >= 11 is 0. The van der Waals surface area contributed by atoms with Gasteiger partial charge in [0.1, 0.15) is 0 Å². The quantitative estimate of drug-likeness (QED) is 0.800. The highest BCUT2D eigenvalue weighted by Crippen LogP contribution is 2.10. The van der Waals surface area contributed by atoms with Gasteiger partial charge in [-0.3, -0.25) is 0 Å². The monoisotopic (exact) mass is 267 g/mol. The third-order valence-electron chi connectivity index (χ3n) is 2.41. The first-order valence-electron chi connectivity index (χ1n) is 5.73. The zero-order chi connectivity index (χ0) is 13.6. The number of benzene rings is 1. The molecule has 0 aliphatic heterocycles. The van der Waals surface area contributed by atoms with Crippen molar-refractivity contribution in [1.29, 1.82) is 5.26 Å². The molecule has 1 atom stereocenters. The van der Waals surface area contributed by atoms with Gasteiger partial charge < -0.3 is 5.32 Å². The molecule has 5 nitrogen and oxygen atoms in total. The summed E-state index contributed by atoms with van der Waals surface area (Å²) in [6, 6.07) is 7.94. The van der Waals surface area contributed by atoms with Crippen LogP contribution in [-0.2, 0) is 10.0 Å². The fraction of sp³-hybridized carbons (Fsp3) is 0.417. The molecule has 0 saturated carbocycles. The SMILES string of the molecule is CCN[C@H](C)CNS(=O)(=O)c1cccc(C#N)c1. The van der Waals surface area contributed by atoms with Crippen molar-refractivity contribution in [1.82, 2.24) is 10.0 Å². The van der Waals surface area contributed by atoms with E-state index < -0.39 is 10.0 Å². The van der Waals surface area contributed by atoms with Crippen LogP contribution in [0.1, 0.15) is 19.4 Å². The molecule has 1 aromatic carbocycles. The van der Waals surface area contributed by atoms with E-state index in [-0.39, 0.29) is 10.9 Å². The van der Waals surface area contributed by atoms with Gasteiger partial charge in [-0.25, -0.2) is 13.1 Å². The van der Waals surface area contributed by atoms with Crippen molar-refractivity contribution >= 4 is 10.0 Å². The van der Waals surface area contributed by atoms with Crippen molar-refractivity contribution in [3.8, 4) is 6.07 Å². The van der Waals surface area contributed by atoms with Gasteiger partial charge in [0.2, 0.25) is 10.0 Å². The second-order valence-corrected chi connectivity index (χ2v) is 5.72. The summed E-state index contributed by atoms with van der Waals surface area (Å²) in [7, 11) is -3.55. The van der Waals surface area contributed by atoms with Crippen molar-refractivity contribution in [2.24, 2.45) is 0 Å². The van der Waals surface area contributed by atoms with Crippen molar-refractivity contribution < 1.29 is 8.42 Å². The molecule has 2 N–H and O–H groups in total. The van der Waals surface area contributed by atoms with E-state index in [4.69, 9.17) is 5.26 Å². The third-order valence-corrected chi connectivity index (χ3v) is 3.83. The highest BCUT2D eigenvalue weighted by Gasteiger charge is 2.15. The minimum atomic E-state index is -3.55. The van der Waals surface area contributed by atoms with Gasteiger partial charge in [0.05, 0.1) is 16.5 Å². The molecule has 0 saturated heterocycles. The molecule has 0 unspecified atom stereocenters. The summed E-state index contributed by atoms with van der Waals surface area (Å²) in [6.45, 7) is 4.96. The zero-order valence-corrected chi connectivity index (χ0v) is 11.3. The normalized spacial score (nSPS) is 12.9. The number of hydrogen-bond donors (Lipinski definition) is 2. The number of nitrogens with one attached hydrogen (secondary N) is 2. The van der Waals surface area contributed by atoms with E-state index in [1.54, 1.807) is 12.1 Å². The molecule has 0 amide bonds. The predicted molar refractivity (Wildman–Crippen MR) is 69.5 cm³/mol. The van der Waals surface area contributed by atoms with Crippen LogP contribution in [-0.4, -0.2) is 27.5 Å². The maximum atomic E-state index is 12.0. The van der Waals surface area contributed by atoms with Gasteiger partial charge in [0.25, 0.3) is 0 Å². The molecule has 0 heterocycles. The number of nitrogens with zero attached hydrogens (tertiary/aromatic N) is 1. The van der Waals surface area contributed by atoms with Gasteiger partial charge in [-0.2, -0.15) is 5.26 Å². The Hall–Kier alpha value is -1.42. The maximum Gasteiger partial charge on any atom is 0.240 e. The summed E-state index contributed by atoms with van der Waals surface area (Å²) in [6.07, 6.45) is 0. The molecule has 18 heavy (non-hydrogen) atoms. The van der Waals surface area contributed by atoms with E-state index in [0.717, 1.165) is 6.54 Å². The van der Waals surface area contributed by atoms with Gasteiger partial charge in [-0.15, -0.1) is 0 Å². The van der Waals surface area contributed by atoms with E-state index in [1.165, 1.54) is 12.1 Å². The molecule has 1 rings (SSSR count). The number of rotatable bonds is 6. The van der Waals surface area contributed by atoms with Crippen LogP contribution in [0.25, 0.3) is 0 Å². The van der Waals surface area contributed by atoms with Crippen LogP contribution in [0.4, 0.5) is 0 Å². The van der Waals surface area contributed by atoms with Crippen molar-refractivity contribution in [2.45, 2.75) is 24.8 Å². The first-order valence-corrected chi connectivity index (χ1v) is 7.21. The first kappa shape index (κ1) is 14.6. The average molecular weight is 267 g/mol. The van der Waals surface area contributed by atoms with Crippen molar-refractivity contribution in [2.75, 3.05) is 13.1 Å². The summed E-state index contributed by atoms with van der Waals surface area (Å²) < 4.78 is 26.4. The molecule has 0 radical (unpaired) electrons. The molecule has 1 aromatic rings. The lowest BCUT2D eigenvalue weighted by atomic mass is 10.2. The standard InChI is InChI=1S/C12H17N3O2S/c1-3-14-10(2)9-15-18(16,17)12-6-4-5-11(7-12)8-13/h4-7,10,14-15H,3,9H2,1-2H3/t10-/m1/s1. The Kier molecular flexibility index (Phi) is 5.28. The predicted octanol–water partition coefficient (Wildman–Crippen LogP) is 0.835. The Balaban J connectivity index is 2.77. The number of likely N-dealkylation sites (N-methyl/N-ethyl adjacent to an activating group) is 1. The first-order chi connectivity index (χ1) is 8.49. The van der Waals surface area contributed by atoms with Crippen LogP contribution in [0, 0.1) is 11.3 Å². The lowest BCUT2D eigenvalue weighted by Gasteiger charge is -2.13. The van der Waals surface area contributed by atoms with Crippen LogP contribution in [0.15, 0.2) is 29.2 Å². The summed E-state index contributed by atoms with van der Waals surface area (Å²) in [5.41, 5.74) is 0.331. The Morgan fingerprint density at radius 2 is 2.17 bits per heavy atom. The summed E-state index contributed by atoms with van der Waals surface area (Å²) in [4.78, 5) is 0.116. The van der Waals surface area contributed by atoms with Crippen molar-refractivity contribution in [3.05, 3.63) is 29.8 Å². The van der Waals surface area contributed by atoms with E-state index in [1.807, 2.05) is 19.9 Å². The van der Waals surface area contributed by atoms with E-state index in [9.17, 15) is 8.42 Å². The minimum Gasteiger partial charge on any atom is -0.313 e. The highest BCUT2D eigenvalue weighted by molar-refractivity contribution is 7.89. The maximum absolute atomic E-state index is 12.0. The van der Waals surface area contributed by atoms with E-state index in [2.05, 4.69) is 10.0 Å². The Bertz CT molecular complexity index is 534. The third kappa shape index (κ3) is 4.11. The summed E-state index contributed by atoms with van der Waals surface area (Å²) in [5.74, 6) is 0. The molecule has 6 heteroatoms. The average Bonchev–Trinajstić information content (AvgIpc) is 2.37. The second-order valence-electron chi connectivity index (χ2n) is 3.95. The molecule has 98 valence electrons.